The Balaban J connectivity index is 1.58. The third kappa shape index (κ3) is 2.30. The van der Waals surface area contributed by atoms with Crippen LogP contribution in [-0.2, 0) is 0 Å². The third-order valence-corrected chi connectivity index (χ3v) is 4.89. The molecule has 2 bridgehead atoms. The molecule has 17 heavy (non-hydrogen) atoms. The van der Waals surface area contributed by atoms with Gasteiger partial charge in [0.05, 0.1) is 0 Å². The molecule has 2 saturated heterocycles. The largest absolute Gasteiger partial charge is 0.303 e. The first-order valence-corrected chi connectivity index (χ1v) is 7.55. The first-order chi connectivity index (χ1) is 8.38. The smallest absolute Gasteiger partial charge is 0.0284 e. The Hall–Kier alpha value is -0.340. The lowest BCUT2D eigenvalue weighted by Crippen LogP contribution is -2.50. The molecule has 0 saturated carbocycles. The average Bonchev–Trinajstić information content (AvgIpc) is 2.61. The second kappa shape index (κ2) is 5.11. The van der Waals surface area contributed by atoms with Crippen molar-refractivity contribution in [2.75, 3.05) is 19.6 Å². The van der Waals surface area contributed by atoms with Crippen LogP contribution in [0.15, 0.2) is 12.2 Å². The van der Waals surface area contributed by atoms with Crippen LogP contribution in [0.3, 0.4) is 0 Å². The molecule has 0 aliphatic carbocycles. The molecule has 2 fully saturated rings. The van der Waals surface area contributed by atoms with Crippen molar-refractivity contribution in [1.82, 2.24) is 9.80 Å². The Morgan fingerprint density at radius 3 is 2.59 bits per heavy atom. The molecule has 0 spiro atoms. The molecule has 2 unspecified atom stereocenters. The second-order valence-electron chi connectivity index (χ2n) is 5.98. The zero-order valence-corrected chi connectivity index (χ0v) is 11.1. The van der Waals surface area contributed by atoms with E-state index in [1.54, 1.807) is 0 Å². The number of likely N-dealkylation sites (tertiary alicyclic amines) is 1. The summed E-state index contributed by atoms with van der Waals surface area (Å²) < 4.78 is 0. The monoisotopic (exact) mass is 234 g/mol. The van der Waals surface area contributed by atoms with Gasteiger partial charge in [0, 0.05) is 18.1 Å². The fraction of sp³-hybridized carbons (Fsp3) is 0.867. The van der Waals surface area contributed by atoms with Crippen LogP contribution < -0.4 is 0 Å². The van der Waals surface area contributed by atoms with E-state index in [9.17, 15) is 0 Å². The van der Waals surface area contributed by atoms with Crippen LogP contribution in [0.25, 0.3) is 0 Å². The van der Waals surface area contributed by atoms with E-state index in [1.807, 2.05) is 0 Å². The van der Waals surface area contributed by atoms with Crippen LogP contribution in [-0.4, -0.2) is 47.6 Å². The zero-order chi connectivity index (χ0) is 11.7. The van der Waals surface area contributed by atoms with E-state index in [1.165, 1.54) is 58.2 Å². The standard InChI is InChI=1S/C15H26N2/c1-2-10-16-11-8-15(9-12-16)17-13-4-3-5-14(17)7-6-13/h3-4,13-15H,2,5-12H2,1H3. The Labute approximate surface area is 106 Å². The molecular weight excluding hydrogens is 208 g/mol. The average molecular weight is 234 g/mol. The minimum Gasteiger partial charge on any atom is -0.303 e. The van der Waals surface area contributed by atoms with Gasteiger partial charge in [-0.15, -0.1) is 0 Å². The maximum atomic E-state index is 2.86. The summed E-state index contributed by atoms with van der Waals surface area (Å²) in [5, 5.41) is 0. The van der Waals surface area contributed by atoms with E-state index in [-0.39, 0.29) is 0 Å². The Bertz CT molecular complexity index is 279. The van der Waals surface area contributed by atoms with Gasteiger partial charge in [-0.1, -0.05) is 19.1 Å². The van der Waals surface area contributed by atoms with E-state index < -0.39 is 0 Å². The lowest BCUT2D eigenvalue weighted by atomic mass is 9.98. The summed E-state index contributed by atoms with van der Waals surface area (Å²) in [6.45, 7) is 6.26. The summed E-state index contributed by atoms with van der Waals surface area (Å²) in [5.41, 5.74) is 0. The zero-order valence-electron chi connectivity index (χ0n) is 11.1. The molecule has 0 aromatic rings. The van der Waals surface area contributed by atoms with Crippen LogP contribution >= 0.6 is 0 Å². The highest BCUT2D eigenvalue weighted by Gasteiger charge is 2.38. The lowest BCUT2D eigenvalue weighted by Gasteiger charge is -2.42. The quantitative estimate of drug-likeness (QED) is 0.693. The van der Waals surface area contributed by atoms with Crippen LogP contribution in [0, 0.1) is 0 Å². The first kappa shape index (κ1) is 11.7. The number of hydrogen-bond donors (Lipinski definition) is 0. The topological polar surface area (TPSA) is 6.48 Å². The van der Waals surface area contributed by atoms with Crippen LogP contribution in [0.4, 0.5) is 0 Å². The van der Waals surface area contributed by atoms with Crippen molar-refractivity contribution in [2.45, 2.75) is 63.6 Å². The molecule has 3 aliphatic heterocycles. The molecule has 0 N–H and O–H groups in total. The van der Waals surface area contributed by atoms with Crippen molar-refractivity contribution in [3.63, 3.8) is 0 Å². The minimum atomic E-state index is 0.788. The highest BCUT2D eigenvalue weighted by atomic mass is 15.3. The maximum Gasteiger partial charge on any atom is 0.0284 e. The molecule has 0 amide bonds. The third-order valence-electron chi connectivity index (χ3n) is 4.89. The molecule has 3 heterocycles. The Morgan fingerprint density at radius 2 is 1.88 bits per heavy atom. The summed E-state index contributed by atoms with van der Waals surface area (Å²) in [5.74, 6) is 0. The molecule has 96 valence electrons. The van der Waals surface area contributed by atoms with E-state index in [2.05, 4.69) is 28.9 Å². The lowest BCUT2D eigenvalue weighted by molar-refractivity contribution is 0.0776. The van der Waals surface area contributed by atoms with E-state index in [0.29, 0.717) is 0 Å². The SMILES string of the molecule is CCCN1CCC(N2C3C=CCC2CC3)CC1. The summed E-state index contributed by atoms with van der Waals surface area (Å²) in [4.78, 5) is 5.52. The van der Waals surface area contributed by atoms with Gasteiger partial charge >= 0.3 is 0 Å². The minimum absolute atomic E-state index is 0.788. The van der Waals surface area contributed by atoms with Crippen LogP contribution in [0.5, 0.6) is 0 Å². The van der Waals surface area contributed by atoms with Crippen LogP contribution in [0.1, 0.15) is 45.4 Å². The van der Waals surface area contributed by atoms with Gasteiger partial charge in [-0.05, 0) is 58.2 Å². The number of fused-ring (bicyclic) bond motifs is 2. The predicted octanol–water partition coefficient (Wildman–Crippen LogP) is 2.65. The van der Waals surface area contributed by atoms with Crippen molar-refractivity contribution < 1.29 is 0 Å². The van der Waals surface area contributed by atoms with Gasteiger partial charge in [-0.3, -0.25) is 4.90 Å². The maximum absolute atomic E-state index is 2.86. The van der Waals surface area contributed by atoms with Gasteiger partial charge in [-0.25, -0.2) is 0 Å². The van der Waals surface area contributed by atoms with Gasteiger partial charge in [0.15, 0.2) is 0 Å². The van der Waals surface area contributed by atoms with Gasteiger partial charge in [0.1, 0.15) is 0 Å². The van der Waals surface area contributed by atoms with Crippen molar-refractivity contribution in [3.05, 3.63) is 12.2 Å². The van der Waals surface area contributed by atoms with Gasteiger partial charge in [0.25, 0.3) is 0 Å². The van der Waals surface area contributed by atoms with Crippen molar-refractivity contribution in [1.29, 1.82) is 0 Å². The number of hydrogen-bond acceptors (Lipinski definition) is 2. The normalized spacial score (nSPS) is 35.6. The molecule has 2 heteroatoms. The predicted molar refractivity (Wildman–Crippen MR) is 72.2 cm³/mol. The van der Waals surface area contributed by atoms with E-state index in [4.69, 9.17) is 0 Å². The molecule has 0 radical (unpaired) electrons. The summed E-state index contributed by atoms with van der Waals surface area (Å²) in [7, 11) is 0. The molecule has 2 atom stereocenters. The molecule has 3 rings (SSSR count). The summed E-state index contributed by atoms with van der Waals surface area (Å²) in [6.07, 6.45) is 13.2. The Morgan fingerprint density at radius 1 is 1.06 bits per heavy atom. The summed E-state index contributed by atoms with van der Waals surface area (Å²) in [6, 6.07) is 2.55. The van der Waals surface area contributed by atoms with Gasteiger partial charge < -0.3 is 4.90 Å². The van der Waals surface area contributed by atoms with Crippen molar-refractivity contribution in [3.8, 4) is 0 Å². The highest BCUT2D eigenvalue weighted by molar-refractivity contribution is 5.10. The highest BCUT2D eigenvalue weighted by Crippen LogP contribution is 2.35. The molecular formula is C15H26N2. The molecule has 3 aliphatic rings. The van der Waals surface area contributed by atoms with Crippen LogP contribution in [0.2, 0.25) is 0 Å². The second-order valence-corrected chi connectivity index (χ2v) is 5.98. The van der Waals surface area contributed by atoms with Gasteiger partial charge in [-0.2, -0.15) is 0 Å². The molecule has 2 nitrogen and oxygen atoms in total. The fourth-order valence-corrected chi connectivity index (χ4v) is 4.09. The van der Waals surface area contributed by atoms with Crippen molar-refractivity contribution in [2.24, 2.45) is 0 Å². The Kier molecular flexibility index (Phi) is 3.53. The molecule has 0 aromatic carbocycles. The van der Waals surface area contributed by atoms with E-state index >= 15 is 0 Å². The van der Waals surface area contributed by atoms with Gasteiger partial charge in [0.2, 0.25) is 0 Å². The van der Waals surface area contributed by atoms with E-state index in [0.717, 1.165) is 18.1 Å². The number of nitrogens with zero attached hydrogens (tertiary/aromatic N) is 2. The van der Waals surface area contributed by atoms with Crippen molar-refractivity contribution >= 4 is 0 Å². The summed E-state index contributed by atoms with van der Waals surface area (Å²) >= 11 is 0. The first-order valence-electron chi connectivity index (χ1n) is 7.55. The number of piperidine rings is 1. The number of rotatable bonds is 3. The fourth-order valence-electron chi connectivity index (χ4n) is 4.09. The molecule has 0 aromatic heterocycles.